The maximum atomic E-state index is 12.0. The molecule has 0 bridgehead atoms. The molecule has 0 spiro atoms. The molecule has 0 aliphatic heterocycles. The minimum atomic E-state index is -0.492. The smallest absolute Gasteiger partial charge is 0.269 e. The number of thiophene rings is 1. The van der Waals surface area contributed by atoms with Gasteiger partial charge in [0.2, 0.25) is 5.91 Å². The van der Waals surface area contributed by atoms with Gasteiger partial charge >= 0.3 is 0 Å². The summed E-state index contributed by atoms with van der Waals surface area (Å²) < 4.78 is 0. The fraction of sp³-hybridized carbons (Fsp3) is 0.0526. The normalized spacial score (nSPS) is 10.3. The summed E-state index contributed by atoms with van der Waals surface area (Å²) in [6.45, 7) is 0. The second-order valence-corrected chi connectivity index (χ2v) is 7.59. The predicted molar refractivity (Wildman–Crippen MR) is 111 cm³/mol. The highest BCUT2D eigenvalue weighted by molar-refractivity contribution is 8.00. The van der Waals surface area contributed by atoms with Crippen molar-refractivity contribution in [2.75, 3.05) is 16.4 Å². The molecule has 0 atom stereocenters. The summed E-state index contributed by atoms with van der Waals surface area (Å²) in [7, 11) is 0. The van der Waals surface area contributed by atoms with Crippen LogP contribution in [0.25, 0.3) is 0 Å². The highest BCUT2D eigenvalue weighted by atomic mass is 32.2. The number of thioether (sulfide) groups is 1. The Morgan fingerprint density at radius 3 is 2.21 bits per heavy atom. The molecule has 3 rings (SSSR count). The van der Waals surface area contributed by atoms with Crippen molar-refractivity contribution in [2.45, 2.75) is 4.90 Å². The standard InChI is InChI=1S/C19H15N3O4S2/c23-18(20-13-3-7-15(8-4-13)22(25)26)12-28-16-9-5-14(6-10-16)21-19(24)17-2-1-11-27-17/h1-11H,12H2,(H,20,23)(H,21,24). The summed E-state index contributed by atoms with van der Waals surface area (Å²) in [5.41, 5.74) is 1.15. The minimum Gasteiger partial charge on any atom is -0.325 e. The van der Waals surface area contributed by atoms with E-state index in [1.165, 1.54) is 47.4 Å². The number of carbonyl (C=O) groups is 2. The fourth-order valence-electron chi connectivity index (χ4n) is 2.25. The number of hydrogen-bond donors (Lipinski definition) is 2. The highest BCUT2D eigenvalue weighted by Gasteiger charge is 2.09. The van der Waals surface area contributed by atoms with Crippen LogP contribution in [0.15, 0.2) is 70.9 Å². The molecule has 2 aromatic carbocycles. The molecular weight excluding hydrogens is 398 g/mol. The van der Waals surface area contributed by atoms with E-state index in [0.29, 0.717) is 16.3 Å². The van der Waals surface area contributed by atoms with Crippen LogP contribution in [0.4, 0.5) is 17.1 Å². The topological polar surface area (TPSA) is 101 Å². The van der Waals surface area contributed by atoms with Crippen LogP contribution in [0.3, 0.4) is 0 Å². The minimum absolute atomic E-state index is 0.0290. The number of nitro groups is 1. The Labute approximate surface area is 168 Å². The van der Waals surface area contributed by atoms with E-state index >= 15 is 0 Å². The number of anilines is 2. The van der Waals surface area contributed by atoms with Crippen LogP contribution in [0.2, 0.25) is 0 Å². The largest absolute Gasteiger partial charge is 0.325 e. The number of nitrogens with zero attached hydrogens (tertiary/aromatic N) is 1. The maximum Gasteiger partial charge on any atom is 0.269 e. The van der Waals surface area contributed by atoms with Crippen LogP contribution in [0.5, 0.6) is 0 Å². The zero-order valence-electron chi connectivity index (χ0n) is 14.5. The molecule has 0 saturated heterocycles. The monoisotopic (exact) mass is 413 g/mol. The van der Waals surface area contributed by atoms with E-state index < -0.39 is 4.92 Å². The molecule has 1 aromatic heterocycles. The maximum absolute atomic E-state index is 12.0. The second kappa shape index (κ2) is 9.16. The van der Waals surface area contributed by atoms with E-state index in [0.717, 1.165) is 4.90 Å². The van der Waals surface area contributed by atoms with E-state index in [-0.39, 0.29) is 23.3 Å². The first-order valence-corrected chi connectivity index (χ1v) is 10.00. The van der Waals surface area contributed by atoms with E-state index in [1.807, 2.05) is 23.6 Å². The van der Waals surface area contributed by atoms with Gasteiger partial charge in [-0.1, -0.05) is 6.07 Å². The van der Waals surface area contributed by atoms with E-state index in [1.54, 1.807) is 18.2 Å². The Balaban J connectivity index is 1.48. The van der Waals surface area contributed by atoms with Gasteiger partial charge in [-0.25, -0.2) is 0 Å². The number of benzene rings is 2. The van der Waals surface area contributed by atoms with Gasteiger partial charge in [-0.05, 0) is 47.8 Å². The number of rotatable bonds is 7. The summed E-state index contributed by atoms with van der Waals surface area (Å²) in [6, 6.07) is 16.5. The molecule has 0 aliphatic carbocycles. The quantitative estimate of drug-likeness (QED) is 0.334. The molecule has 0 unspecified atom stereocenters. The Morgan fingerprint density at radius 2 is 1.61 bits per heavy atom. The average Bonchev–Trinajstić information content (AvgIpc) is 3.23. The van der Waals surface area contributed by atoms with Crippen molar-refractivity contribution in [3.8, 4) is 0 Å². The molecule has 7 nitrogen and oxygen atoms in total. The summed E-state index contributed by atoms with van der Waals surface area (Å²) in [5, 5.41) is 18.0. The van der Waals surface area contributed by atoms with Crippen molar-refractivity contribution in [1.29, 1.82) is 0 Å². The van der Waals surface area contributed by atoms with E-state index in [4.69, 9.17) is 0 Å². The van der Waals surface area contributed by atoms with Crippen molar-refractivity contribution in [3.63, 3.8) is 0 Å². The van der Waals surface area contributed by atoms with Crippen LogP contribution in [-0.4, -0.2) is 22.5 Å². The summed E-state index contributed by atoms with van der Waals surface area (Å²) in [4.78, 5) is 35.7. The van der Waals surface area contributed by atoms with Crippen molar-refractivity contribution in [1.82, 2.24) is 0 Å². The van der Waals surface area contributed by atoms with Gasteiger partial charge in [0, 0.05) is 28.4 Å². The molecule has 3 aromatic rings. The lowest BCUT2D eigenvalue weighted by Gasteiger charge is -2.07. The zero-order valence-corrected chi connectivity index (χ0v) is 16.1. The number of nitro benzene ring substituents is 1. The van der Waals surface area contributed by atoms with E-state index in [2.05, 4.69) is 10.6 Å². The molecular formula is C19H15N3O4S2. The average molecular weight is 413 g/mol. The molecule has 2 N–H and O–H groups in total. The molecule has 1 heterocycles. The zero-order chi connectivity index (χ0) is 19.9. The first-order chi connectivity index (χ1) is 13.5. The van der Waals surface area contributed by atoms with E-state index in [9.17, 15) is 19.7 Å². The van der Waals surface area contributed by atoms with Crippen molar-refractivity contribution < 1.29 is 14.5 Å². The molecule has 142 valence electrons. The van der Waals surface area contributed by atoms with Gasteiger partial charge in [0.25, 0.3) is 11.6 Å². The lowest BCUT2D eigenvalue weighted by atomic mass is 10.3. The lowest BCUT2D eigenvalue weighted by Crippen LogP contribution is -2.13. The first kappa shape index (κ1) is 19.6. The fourth-order valence-corrected chi connectivity index (χ4v) is 3.56. The number of amides is 2. The van der Waals surface area contributed by atoms with Crippen molar-refractivity contribution >= 4 is 52.0 Å². The van der Waals surface area contributed by atoms with Crippen LogP contribution in [0, 0.1) is 10.1 Å². The van der Waals surface area contributed by atoms with Gasteiger partial charge < -0.3 is 10.6 Å². The second-order valence-electron chi connectivity index (χ2n) is 5.60. The first-order valence-electron chi connectivity index (χ1n) is 8.13. The van der Waals surface area contributed by atoms with Crippen LogP contribution < -0.4 is 10.6 Å². The number of non-ortho nitro benzene ring substituents is 1. The molecule has 2 amide bonds. The molecule has 9 heteroatoms. The molecule has 0 saturated carbocycles. The highest BCUT2D eigenvalue weighted by Crippen LogP contribution is 2.22. The molecule has 0 aliphatic rings. The predicted octanol–water partition coefficient (Wildman–Crippen LogP) is 4.64. The third-order valence-electron chi connectivity index (χ3n) is 3.59. The van der Waals surface area contributed by atoms with Crippen LogP contribution in [0.1, 0.15) is 9.67 Å². The van der Waals surface area contributed by atoms with Crippen LogP contribution in [-0.2, 0) is 4.79 Å². The molecule has 0 fully saturated rings. The van der Waals surface area contributed by atoms with Gasteiger partial charge in [0.1, 0.15) is 0 Å². The molecule has 28 heavy (non-hydrogen) atoms. The van der Waals surface area contributed by atoms with Gasteiger partial charge in [-0.2, -0.15) is 0 Å². The Bertz CT molecular complexity index is 971. The number of carbonyl (C=O) groups excluding carboxylic acids is 2. The molecule has 0 radical (unpaired) electrons. The summed E-state index contributed by atoms with van der Waals surface area (Å²) in [5.74, 6) is -0.176. The third kappa shape index (κ3) is 5.41. The summed E-state index contributed by atoms with van der Waals surface area (Å²) >= 11 is 2.72. The SMILES string of the molecule is O=C(CSc1ccc(NC(=O)c2cccs2)cc1)Nc1ccc([N+](=O)[O-])cc1. The van der Waals surface area contributed by atoms with Crippen molar-refractivity contribution in [2.24, 2.45) is 0 Å². The third-order valence-corrected chi connectivity index (χ3v) is 5.47. The Kier molecular flexibility index (Phi) is 6.41. The van der Waals surface area contributed by atoms with Crippen molar-refractivity contribution in [3.05, 3.63) is 81.0 Å². The van der Waals surface area contributed by atoms with Gasteiger partial charge in [0.15, 0.2) is 0 Å². The Morgan fingerprint density at radius 1 is 0.964 bits per heavy atom. The van der Waals surface area contributed by atoms with Crippen LogP contribution >= 0.6 is 23.1 Å². The summed E-state index contributed by atoms with van der Waals surface area (Å²) in [6.07, 6.45) is 0. The van der Waals surface area contributed by atoms with Gasteiger partial charge in [-0.3, -0.25) is 19.7 Å². The number of hydrogen-bond acceptors (Lipinski definition) is 6. The van der Waals surface area contributed by atoms with Gasteiger partial charge in [-0.15, -0.1) is 23.1 Å². The van der Waals surface area contributed by atoms with Gasteiger partial charge in [0.05, 0.1) is 15.6 Å². The lowest BCUT2D eigenvalue weighted by molar-refractivity contribution is -0.384. The number of nitrogens with one attached hydrogen (secondary N) is 2. The Hall–Kier alpha value is -3.17.